The van der Waals surface area contributed by atoms with Crippen molar-refractivity contribution in [1.82, 2.24) is 4.57 Å². The largest absolute Gasteiger partial charge is 0.311 e. The molecular formula is C88H59N3. The van der Waals surface area contributed by atoms with Crippen LogP contribution in [0.5, 0.6) is 0 Å². The molecule has 0 bridgehead atoms. The van der Waals surface area contributed by atoms with Crippen molar-refractivity contribution in [2.45, 2.75) is 0 Å². The number of hydrogen-bond donors (Lipinski definition) is 0. The van der Waals surface area contributed by atoms with E-state index in [1.807, 2.05) is 0 Å². The van der Waals surface area contributed by atoms with Crippen LogP contribution in [0.25, 0.3) is 126 Å². The fourth-order valence-electron chi connectivity index (χ4n) is 13.9. The summed E-state index contributed by atoms with van der Waals surface area (Å²) in [5, 5.41) is 12.4. The molecule has 17 rings (SSSR count). The molecule has 16 aromatic carbocycles. The van der Waals surface area contributed by atoms with E-state index >= 15 is 0 Å². The smallest absolute Gasteiger partial charge is 0.0541 e. The van der Waals surface area contributed by atoms with Crippen molar-refractivity contribution in [2.24, 2.45) is 0 Å². The number of fused-ring (bicyclic) bond motifs is 10. The van der Waals surface area contributed by atoms with Gasteiger partial charge in [-0.25, -0.2) is 0 Å². The molecule has 1 heterocycles. The van der Waals surface area contributed by atoms with E-state index in [0.717, 1.165) is 73.1 Å². The molecule has 3 heteroatoms. The van der Waals surface area contributed by atoms with Crippen LogP contribution in [0.1, 0.15) is 0 Å². The van der Waals surface area contributed by atoms with Crippen LogP contribution in [-0.4, -0.2) is 4.57 Å². The van der Waals surface area contributed by atoms with E-state index in [0.29, 0.717) is 0 Å². The summed E-state index contributed by atoms with van der Waals surface area (Å²) in [7, 11) is 0. The van der Waals surface area contributed by atoms with Gasteiger partial charge < -0.3 is 14.4 Å². The molecule has 0 N–H and O–H groups in total. The first-order valence-electron chi connectivity index (χ1n) is 31.3. The molecule has 17 aromatic rings. The van der Waals surface area contributed by atoms with Crippen molar-refractivity contribution < 1.29 is 0 Å². The summed E-state index contributed by atoms with van der Waals surface area (Å²) in [5.74, 6) is 0. The van der Waals surface area contributed by atoms with Gasteiger partial charge in [0.1, 0.15) is 0 Å². The van der Waals surface area contributed by atoms with Gasteiger partial charge >= 0.3 is 0 Å². The Bertz CT molecular complexity index is 5480. The molecule has 0 aliphatic heterocycles. The molecule has 91 heavy (non-hydrogen) atoms. The summed E-state index contributed by atoms with van der Waals surface area (Å²) >= 11 is 0. The maximum absolute atomic E-state index is 2.47. The number of hydrogen-bond acceptors (Lipinski definition) is 2. The van der Waals surface area contributed by atoms with Gasteiger partial charge in [-0.2, -0.15) is 0 Å². The number of para-hydroxylation sites is 1. The summed E-state index contributed by atoms with van der Waals surface area (Å²) in [5.41, 5.74) is 21.8. The minimum absolute atomic E-state index is 1.07. The third-order valence-corrected chi connectivity index (χ3v) is 18.4. The van der Waals surface area contributed by atoms with Gasteiger partial charge in [0.05, 0.1) is 16.7 Å². The first kappa shape index (κ1) is 53.2. The Morgan fingerprint density at radius 3 is 0.956 bits per heavy atom. The third-order valence-electron chi connectivity index (χ3n) is 18.4. The summed E-state index contributed by atoms with van der Waals surface area (Å²) < 4.78 is 2.47. The highest BCUT2D eigenvalue weighted by molar-refractivity contribution is 6.26. The lowest BCUT2D eigenvalue weighted by Crippen LogP contribution is -2.10. The fourth-order valence-corrected chi connectivity index (χ4v) is 13.9. The van der Waals surface area contributed by atoms with E-state index in [1.54, 1.807) is 0 Å². The standard InChI is InChI=1S/C88H59N3/c1-4-17-60(18-5-1)62-31-33-63(34-32-62)65-37-47-73(48-38-65)89(72-45-35-64(36-46-72)61-19-6-2-7-20-61)74-49-39-66(40-50-74)69-43-55-87-84(57-69)85-58-70(67-41-51-75(52-42-67)90(71-23-8-3-9-24-71)86-30-16-22-68-21-10-11-25-77(68)86)44-56-88(85)91(87)76-53-54-82-80-28-13-12-26-78(80)79-27-14-15-29-81(79)83(82)59-76/h1-59H. The predicted molar refractivity (Wildman–Crippen MR) is 387 cm³/mol. The Morgan fingerprint density at radius 1 is 0.176 bits per heavy atom. The zero-order chi connectivity index (χ0) is 60.2. The molecule has 0 aliphatic carbocycles. The molecule has 0 saturated carbocycles. The van der Waals surface area contributed by atoms with E-state index in [1.165, 1.54) is 87.2 Å². The van der Waals surface area contributed by atoms with Crippen molar-refractivity contribution in [3.63, 3.8) is 0 Å². The molecule has 0 saturated heterocycles. The molecule has 0 aliphatic rings. The van der Waals surface area contributed by atoms with Gasteiger partial charge in [0, 0.05) is 50.3 Å². The topological polar surface area (TPSA) is 11.4 Å². The Hall–Kier alpha value is -12.0. The zero-order valence-electron chi connectivity index (χ0n) is 49.9. The van der Waals surface area contributed by atoms with E-state index in [2.05, 4.69) is 372 Å². The second-order valence-electron chi connectivity index (χ2n) is 23.6. The lowest BCUT2D eigenvalue weighted by molar-refractivity contribution is 1.19. The average Bonchev–Trinajstić information content (AvgIpc) is 1.73. The van der Waals surface area contributed by atoms with Crippen LogP contribution < -0.4 is 9.80 Å². The summed E-state index contributed by atoms with van der Waals surface area (Å²) in [6, 6.07) is 131. The molecule has 1 aromatic heterocycles. The van der Waals surface area contributed by atoms with Crippen LogP contribution in [-0.2, 0) is 0 Å². The lowest BCUT2D eigenvalue weighted by atomic mass is 9.94. The molecule has 0 atom stereocenters. The number of benzene rings is 16. The molecule has 0 unspecified atom stereocenters. The zero-order valence-corrected chi connectivity index (χ0v) is 49.9. The van der Waals surface area contributed by atoms with Gasteiger partial charge in [-0.1, -0.05) is 255 Å². The van der Waals surface area contributed by atoms with Crippen molar-refractivity contribution >= 4 is 99.0 Å². The van der Waals surface area contributed by atoms with Crippen LogP contribution in [0.2, 0.25) is 0 Å². The normalized spacial score (nSPS) is 11.5. The number of nitrogens with zero attached hydrogens (tertiary/aromatic N) is 3. The first-order valence-corrected chi connectivity index (χ1v) is 31.3. The molecule has 3 nitrogen and oxygen atoms in total. The SMILES string of the molecule is c1ccc(-c2ccc(-c3ccc(N(c4ccc(-c5ccccc5)cc4)c4ccc(-c5ccc6c(c5)c5cc(-c7ccc(N(c8ccccc8)c8cccc9ccccc89)cc7)ccc5n6-c5ccc6c7ccccc7c7ccccc7c6c5)cc4)cc3)cc2)cc1. The van der Waals surface area contributed by atoms with Crippen molar-refractivity contribution in [3.8, 4) is 61.3 Å². The number of aromatic nitrogens is 1. The van der Waals surface area contributed by atoms with E-state index in [4.69, 9.17) is 0 Å². The van der Waals surface area contributed by atoms with Gasteiger partial charge in [0.25, 0.3) is 0 Å². The van der Waals surface area contributed by atoms with Gasteiger partial charge in [-0.15, -0.1) is 0 Å². The highest BCUT2D eigenvalue weighted by atomic mass is 15.1. The summed E-state index contributed by atoms with van der Waals surface area (Å²) in [6.07, 6.45) is 0. The lowest BCUT2D eigenvalue weighted by Gasteiger charge is -2.27. The number of rotatable bonds is 12. The van der Waals surface area contributed by atoms with Crippen LogP contribution >= 0.6 is 0 Å². The predicted octanol–water partition coefficient (Wildman–Crippen LogP) is 24.7. The van der Waals surface area contributed by atoms with Crippen molar-refractivity contribution in [3.05, 3.63) is 358 Å². The minimum Gasteiger partial charge on any atom is -0.311 e. The van der Waals surface area contributed by atoms with E-state index < -0.39 is 0 Å². The second kappa shape index (κ2) is 22.6. The quantitative estimate of drug-likeness (QED) is 0.113. The van der Waals surface area contributed by atoms with Gasteiger partial charge in [0.2, 0.25) is 0 Å². The minimum atomic E-state index is 1.07. The van der Waals surface area contributed by atoms with Crippen molar-refractivity contribution in [2.75, 3.05) is 9.80 Å². The fraction of sp³-hybridized carbons (Fsp3) is 0. The highest BCUT2D eigenvalue weighted by Gasteiger charge is 2.20. The van der Waals surface area contributed by atoms with Crippen LogP contribution in [0.3, 0.4) is 0 Å². The van der Waals surface area contributed by atoms with Crippen LogP contribution in [0.15, 0.2) is 358 Å². The van der Waals surface area contributed by atoms with Gasteiger partial charge in [0.15, 0.2) is 0 Å². The number of anilines is 6. The van der Waals surface area contributed by atoms with Gasteiger partial charge in [-0.05, 0) is 196 Å². The summed E-state index contributed by atoms with van der Waals surface area (Å²) in [4.78, 5) is 4.74. The second-order valence-corrected chi connectivity index (χ2v) is 23.6. The Morgan fingerprint density at radius 2 is 0.495 bits per heavy atom. The Labute approximate surface area is 529 Å². The molecule has 0 radical (unpaired) electrons. The first-order chi connectivity index (χ1) is 45.1. The van der Waals surface area contributed by atoms with Gasteiger partial charge in [-0.3, -0.25) is 0 Å². The van der Waals surface area contributed by atoms with E-state index in [-0.39, 0.29) is 0 Å². The average molecular weight is 1160 g/mol. The molecule has 426 valence electrons. The maximum Gasteiger partial charge on any atom is 0.0541 e. The molecule has 0 amide bonds. The summed E-state index contributed by atoms with van der Waals surface area (Å²) in [6.45, 7) is 0. The Balaban J connectivity index is 0.771. The molecule has 0 spiro atoms. The highest BCUT2D eigenvalue weighted by Crippen LogP contribution is 2.44. The van der Waals surface area contributed by atoms with Crippen LogP contribution in [0, 0.1) is 0 Å². The molecular weight excluding hydrogens is 1100 g/mol. The van der Waals surface area contributed by atoms with Crippen molar-refractivity contribution in [1.29, 1.82) is 0 Å². The van der Waals surface area contributed by atoms with E-state index in [9.17, 15) is 0 Å². The third kappa shape index (κ3) is 9.64. The Kier molecular flexibility index (Phi) is 13.2. The maximum atomic E-state index is 2.47. The molecule has 0 fully saturated rings. The van der Waals surface area contributed by atoms with Crippen LogP contribution in [0.4, 0.5) is 34.1 Å². The monoisotopic (exact) mass is 1160 g/mol.